The van der Waals surface area contributed by atoms with Crippen LogP contribution in [0, 0.1) is 6.92 Å². The Hall–Kier alpha value is -2.42. The van der Waals surface area contributed by atoms with Gasteiger partial charge in [-0.3, -0.25) is 4.79 Å². The lowest BCUT2D eigenvalue weighted by molar-refractivity contribution is -0.113. The average Bonchev–Trinajstić information content (AvgIpc) is 3.02. The molecule has 1 amide bonds. The zero-order valence-corrected chi connectivity index (χ0v) is 11.3. The molecule has 9 heteroatoms. The van der Waals surface area contributed by atoms with Crippen LogP contribution < -0.4 is 5.32 Å². The van der Waals surface area contributed by atoms with Crippen molar-refractivity contribution in [2.75, 3.05) is 11.1 Å². The van der Waals surface area contributed by atoms with Crippen molar-refractivity contribution < 1.29 is 9.32 Å². The summed E-state index contributed by atoms with van der Waals surface area (Å²) in [5, 5.41) is 11.0. The first-order valence-electron chi connectivity index (χ1n) is 5.74. The number of carbonyl (C=O) groups is 1. The molecule has 3 heterocycles. The largest absolute Gasteiger partial charge is 0.360 e. The highest BCUT2D eigenvalue weighted by molar-refractivity contribution is 7.99. The third kappa shape index (κ3) is 2.77. The maximum absolute atomic E-state index is 11.7. The third-order valence-corrected chi connectivity index (χ3v) is 3.16. The summed E-state index contributed by atoms with van der Waals surface area (Å²) >= 11 is 1.23. The number of anilines is 1. The van der Waals surface area contributed by atoms with Crippen molar-refractivity contribution in [3.05, 3.63) is 30.3 Å². The van der Waals surface area contributed by atoms with E-state index in [1.807, 2.05) is 0 Å². The van der Waals surface area contributed by atoms with Crippen LogP contribution in [0.15, 0.2) is 34.2 Å². The molecule has 0 aliphatic heterocycles. The predicted octanol–water partition coefficient (Wildman–Crippen LogP) is 1.15. The Morgan fingerprint density at radius 3 is 3.20 bits per heavy atom. The first kappa shape index (κ1) is 12.6. The van der Waals surface area contributed by atoms with E-state index in [2.05, 4.69) is 25.5 Å². The van der Waals surface area contributed by atoms with E-state index in [-0.39, 0.29) is 11.7 Å². The molecule has 0 atom stereocenters. The number of fused-ring (bicyclic) bond motifs is 1. The molecule has 0 spiro atoms. The number of aromatic nitrogens is 5. The topological polar surface area (TPSA) is 98.2 Å². The van der Waals surface area contributed by atoms with Gasteiger partial charge in [0.1, 0.15) is 5.76 Å². The lowest BCUT2D eigenvalue weighted by atomic mass is 10.5. The molecule has 0 saturated carbocycles. The summed E-state index contributed by atoms with van der Waals surface area (Å²) in [5.74, 6) is 1.53. The number of rotatable bonds is 4. The van der Waals surface area contributed by atoms with Crippen LogP contribution in [0.25, 0.3) is 5.78 Å². The Labute approximate surface area is 117 Å². The number of carbonyl (C=O) groups excluding carboxylic acids is 1. The average molecular weight is 290 g/mol. The highest BCUT2D eigenvalue weighted by atomic mass is 32.2. The molecule has 0 fully saturated rings. The van der Waals surface area contributed by atoms with E-state index in [1.54, 1.807) is 36.0 Å². The Morgan fingerprint density at radius 2 is 2.45 bits per heavy atom. The fourth-order valence-corrected chi connectivity index (χ4v) is 2.13. The molecule has 0 radical (unpaired) electrons. The number of amides is 1. The molecular formula is C11H10N6O2S. The highest BCUT2D eigenvalue weighted by Crippen LogP contribution is 2.14. The standard InChI is InChI=1S/C11H10N6O2S/c1-7-5-8(16-19-7)13-9(18)6-20-11-14-10-12-3-2-4-17(10)15-11/h2-5H,6H2,1H3,(H,13,16,18). The second-order valence-electron chi connectivity index (χ2n) is 3.92. The second kappa shape index (κ2) is 5.29. The molecule has 8 nitrogen and oxygen atoms in total. The number of nitrogens with zero attached hydrogens (tertiary/aromatic N) is 5. The molecule has 0 bridgehead atoms. The van der Waals surface area contributed by atoms with E-state index in [0.29, 0.717) is 22.5 Å². The third-order valence-electron chi connectivity index (χ3n) is 2.32. The van der Waals surface area contributed by atoms with Gasteiger partial charge in [-0.15, -0.1) is 5.10 Å². The normalized spacial score (nSPS) is 10.8. The summed E-state index contributed by atoms with van der Waals surface area (Å²) < 4.78 is 6.42. The fraction of sp³-hybridized carbons (Fsp3) is 0.182. The van der Waals surface area contributed by atoms with E-state index >= 15 is 0 Å². The van der Waals surface area contributed by atoms with Crippen molar-refractivity contribution >= 4 is 29.3 Å². The molecule has 0 aromatic carbocycles. The molecule has 102 valence electrons. The molecule has 3 rings (SSSR count). The molecule has 0 aliphatic rings. The van der Waals surface area contributed by atoms with Gasteiger partial charge in [0.2, 0.25) is 11.1 Å². The van der Waals surface area contributed by atoms with Crippen LogP contribution in [-0.2, 0) is 4.79 Å². The summed E-state index contributed by atoms with van der Waals surface area (Å²) in [7, 11) is 0. The van der Waals surface area contributed by atoms with Crippen molar-refractivity contribution in [2.45, 2.75) is 12.1 Å². The van der Waals surface area contributed by atoms with Crippen LogP contribution in [0.5, 0.6) is 0 Å². The van der Waals surface area contributed by atoms with Gasteiger partial charge in [-0.05, 0) is 13.0 Å². The molecule has 3 aromatic rings. The molecule has 3 aromatic heterocycles. The Bertz CT molecular complexity index is 719. The monoisotopic (exact) mass is 290 g/mol. The summed E-state index contributed by atoms with van der Waals surface area (Å²) in [5.41, 5.74) is 0. The SMILES string of the molecule is Cc1cc(NC(=O)CSc2nc3ncccn3n2)no1. The number of hydrogen-bond donors (Lipinski definition) is 1. The number of thioether (sulfide) groups is 1. The smallest absolute Gasteiger partial charge is 0.253 e. The van der Waals surface area contributed by atoms with Crippen LogP contribution >= 0.6 is 11.8 Å². The molecule has 0 unspecified atom stereocenters. The van der Waals surface area contributed by atoms with E-state index in [4.69, 9.17) is 4.52 Å². The minimum atomic E-state index is -0.199. The fourth-order valence-electron chi connectivity index (χ4n) is 1.51. The van der Waals surface area contributed by atoms with Gasteiger partial charge in [0.15, 0.2) is 5.82 Å². The number of aryl methyl sites for hydroxylation is 1. The predicted molar refractivity (Wildman–Crippen MR) is 71.4 cm³/mol. The van der Waals surface area contributed by atoms with Gasteiger partial charge in [-0.1, -0.05) is 16.9 Å². The van der Waals surface area contributed by atoms with Gasteiger partial charge < -0.3 is 9.84 Å². The van der Waals surface area contributed by atoms with Gasteiger partial charge in [0, 0.05) is 18.5 Å². The van der Waals surface area contributed by atoms with Crippen LogP contribution in [0.3, 0.4) is 0 Å². The second-order valence-corrected chi connectivity index (χ2v) is 4.86. The highest BCUT2D eigenvalue weighted by Gasteiger charge is 2.10. The van der Waals surface area contributed by atoms with Crippen molar-refractivity contribution in [3.8, 4) is 0 Å². The van der Waals surface area contributed by atoms with Gasteiger partial charge >= 0.3 is 0 Å². The van der Waals surface area contributed by atoms with Crippen molar-refractivity contribution in [1.29, 1.82) is 0 Å². The van der Waals surface area contributed by atoms with Crippen molar-refractivity contribution in [2.24, 2.45) is 0 Å². The quantitative estimate of drug-likeness (QED) is 0.720. The van der Waals surface area contributed by atoms with Crippen LogP contribution in [0.1, 0.15) is 5.76 Å². The zero-order chi connectivity index (χ0) is 13.9. The number of hydrogen-bond acceptors (Lipinski definition) is 7. The van der Waals surface area contributed by atoms with Gasteiger partial charge in [0.05, 0.1) is 5.75 Å². The summed E-state index contributed by atoms with van der Waals surface area (Å²) in [6, 6.07) is 3.41. The zero-order valence-electron chi connectivity index (χ0n) is 10.5. The minimum absolute atomic E-state index is 0.183. The summed E-state index contributed by atoms with van der Waals surface area (Å²) in [6.07, 6.45) is 3.38. The molecule has 0 aliphatic carbocycles. The molecule has 1 N–H and O–H groups in total. The van der Waals surface area contributed by atoms with E-state index in [0.717, 1.165) is 0 Å². The van der Waals surface area contributed by atoms with Crippen LogP contribution in [-0.4, -0.2) is 36.4 Å². The molecule has 20 heavy (non-hydrogen) atoms. The maximum Gasteiger partial charge on any atom is 0.253 e. The van der Waals surface area contributed by atoms with Gasteiger partial charge in [-0.2, -0.15) is 4.98 Å². The first-order valence-corrected chi connectivity index (χ1v) is 6.72. The van der Waals surface area contributed by atoms with Gasteiger partial charge in [-0.25, -0.2) is 9.50 Å². The molecular weight excluding hydrogens is 280 g/mol. The van der Waals surface area contributed by atoms with Crippen LogP contribution in [0.2, 0.25) is 0 Å². The van der Waals surface area contributed by atoms with Crippen LogP contribution in [0.4, 0.5) is 5.82 Å². The lowest BCUT2D eigenvalue weighted by Crippen LogP contribution is -2.14. The first-order chi connectivity index (χ1) is 9.70. The maximum atomic E-state index is 11.7. The van der Waals surface area contributed by atoms with Crippen molar-refractivity contribution in [3.63, 3.8) is 0 Å². The molecule has 0 saturated heterocycles. The lowest BCUT2D eigenvalue weighted by Gasteiger charge is -1.98. The van der Waals surface area contributed by atoms with E-state index < -0.39 is 0 Å². The summed E-state index contributed by atoms with van der Waals surface area (Å²) in [4.78, 5) is 20.0. The van der Waals surface area contributed by atoms with E-state index in [9.17, 15) is 4.79 Å². The number of nitrogens with one attached hydrogen (secondary N) is 1. The Kier molecular flexibility index (Phi) is 3.33. The summed E-state index contributed by atoms with van der Waals surface area (Å²) in [6.45, 7) is 1.75. The van der Waals surface area contributed by atoms with Crippen molar-refractivity contribution in [1.82, 2.24) is 24.7 Å². The Balaban J connectivity index is 1.59. The van der Waals surface area contributed by atoms with E-state index in [1.165, 1.54) is 11.8 Å². The Morgan fingerprint density at radius 1 is 1.55 bits per heavy atom. The minimum Gasteiger partial charge on any atom is -0.360 e. The van der Waals surface area contributed by atoms with Gasteiger partial charge in [0.25, 0.3) is 5.78 Å².